The Bertz CT molecular complexity index is 895. The molecule has 0 fully saturated rings. The summed E-state index contributed by atoms with van der Waals surface area (Å²) in [7, 11) is 3.32. The monoisotopic (exact) mass is 352 g/mol. The van der Waals surface area contributed by atoms with Gasteiger partial charge in [0.25, 0.3) is 0 Å². The van der Waals surface area contributed by atoms with Gasteiger partial charge in [-0.2, -0.15) is 0 Å². The molecule has 7 nitrogen and oxygen atoms in total. The zero-order chi connectivity index (χ0) is 17.9. The van der Waals surface area contributed by atoms with Gasteiger partial charge >= 0.3 is 0 Å². The molecule has 2 aromatic heterocycles. The van der Waals surface area contributed by atoms with E-state index in [0.717, 1.165) is 36.6 Å². The molecule has 0 bridgehead atoms. The third-order valence-corrected chi connectivity index (χ3v) is 4.53. The van der Waals surface area contributed by atoms with E-state index in [4.69, 9.17) is 13.9 Å². The van der Waals surface area contributed by atoms with Gasteiger partial charge < -0.3 is 13.9 Å². The van der Waals surface area contributed by atoms with Crippen LogP contribution in [0.15, 0.2) is 41.1 Å². The second-order valence-electron chi connectivity index (χ2n) is 6.18. The number of hydrogen-bond acceptors (Lipinski definition) is 7. The van der Waals surface area contributed by atoms with Crippen molar-refractivity contribution in [1.29, 1.82) is 0 Å². The van der Waals surface area contributed by atoms with Crippen molar-refractivity contribution in [3.8, 4) is 23.0 Å². The first kappa shape index (κ1) is 16.5. The standard InChI is InChI=1S/C19H20N4O3/c1-24-16-8-13-5-7-23(11-15(13)9-17(16)25-2)12-18-21-22-19(26-18)14-4-3-6-20-10-14/h3-4,6,8-10H,5,7,11-12H2,1-2H3. The summed E-state index contributed by atoms with van der Waals surface area (Å²) in [6, 6.07) is 7.87. The van der Waals surface area contributed by atoms with E-state index in [1.807, 2.05) is 12.1 Å². The van der Waals surface area contributed by atoms with Crippen molar-refractivity contribution in [2.45, 2.75) is 19.5 Å². The van der Waals surface area contributed by atoms with Crippen molar-refractivity contribution in [3.63, 3.8) is 0 Å². The normalized spacial score (nSPS) is 14.1. The molecule has 0 radical (unpaired) electrons. The van der Waals surface area contributed by atoms with E-state index < -0.39 is 0 Å². The Kier molecular flexibility index (Phi) is 4.53. The van der Waals surface area contributed by atoms with Crippen molar-refractivity contribution in [1.82, 2.24) is 20.1 Å². The Morgan fingerprint density at radius 3 is 2.65 bits per heavy atom. The fourth-order valence-corrected chi connectivity index (χ4v) is 3.19. The fourth-order valence-electron chi connectivity index (χ4n) is 3.19. The maximum atomic E-state index is 5.79. The van der Waals surface area contributed by atoms with Gasteiger partial charge in [-0.25, -0.2) is 0 Å². The summed E-state index contributed by atoms with van der Waals surface area (Å²) in [5.41, 5.74) is 3.36. The maximum absolute atomic E-state index is 5.79. The van der Waals surface area contributed by atoms with Gasteiger partial charge in [0, 0.05) is 25.5 Å². The minimum Gasteiger partial charge on any atom is -0.493 e. The molecule has 0 aliphatic carbocycles. The van der Waals surface area contributed by atoms with E-state index in [1.165, 1.54) is 11.1 Å². The number of methoxy groups -OCH3 is 2. The van der Waals surface area contributed by atoms with Crippen LogP contribution in [0.2, 0.25) is 0 Å². The van der Waals surface area contributed by atoms with E-state index >= 15 is 0 Å². The highest BCUT2D eigenvalue weighted by molar-refractivity contribution is 5.50. The molecule has 4 rings (SSSR count). The van der Waals surface area contributed by atoms with Crippen LogP contribution in [0.25, 0.3) is 11.5 Å². The van der Waals surface area contributed by atoms with Gasteiger partial charge in [-0.15, -0.1) is 10.2 Å². The van der Waals surface area contributed by atoms with Gasteiger partial charge in [-0.05, 0) is 41.8 Å². The topological polar surface area (TPSA) is 73.5 Å². The van der Waals surface area contributed by atoms with Crippen LogP contribution in [0.4, 0.5) is 0 Å². The van der Waals surface area contributed by atoms with E-state index in [0.29, 0.717) is 18.3 Å². The van der Waals surface area contributed by atoms with Crippen molar-refractivity contribution in [2.24, 2.45) is 0 Å². The van der Waals surface area contributed by atoms with Crippen LogP contribution in [-0.2, 0) is 19.5 Å². The first-order chi connectivity index (χ1) is 12.8. The van der Waals surface area contributed by atoms with Gasteiger partial charge in [0.1, 0.15) is 0 Å². The third-order valence-electron chi connectivity index (χ3n) is 4.53. The summed E-state index contributed by atoms with van der Waals surface area (Å²) >= 11 is 0. The minimum absolute atomic E-state index is 0.497. The average molecular weight is 352 g/mol. The molecule has 0 spiro atoms. The molecule has 0 unspecified atom stereocenters. The highest BCUT2D eigenvalue weighted by Crippen LogP contribution is 2.33. The molecule has 0 saturated carbocycles. The van der Waals surface area contributed by atoms with Crippen LogP contribution < -0.4 is 9.47 Å². The molecule has 0 N–H and O–H groups in total. The molecule has 7 heteroatoms. The molecule has 26 heavy (non-hydrogen) atoms. The molecule has 0 saturated heterocycles. The first-order valence-corrected chi connectivity index (χ1v) is 8.45. The van der Waals surface area contributed by atoms with E-state index in [1.54, 1.807) is 26.6 Å². The zero-order valence-corrected chi connectivity index (χ0v) is 14.8. The number of hydrogen-bond donors (Lipinski definition) is 0. The molecule has 1 aliphatic heterocycles. The van der Waals surface area contributed by atoms with Gasteiger partial charge in [-0.3, -0.25) is 9.88 Å². The lowest BCUT2D eigenvalue weighted by molar-refractivity contribution is 0.221. The number of benzene rings is 1. The van der Waals surface area contributed by atoms with Crippen molar-refractivity contribution in [2.75, 3.05) is 20.8 Å². The molecule has 3 heterocycles. The molecule has 0 atom stereocenters. The number of fused-ring (bicyclic) bond motifs is 1. The Balaban J connectivity index is 1.49. The Hall–Kier alpha value is -2.93. The van der Waals surface area contributed by atoms with Gasteiger partial charge in [0.2, 0.25) is 11.8 Å². The van der Waals surface area contributed by atoms with E-state index in [9.17, 15) is 0 Å². The lowest BCUT2D eigenvalue weighted by atomic mass is 9.99. The number of pyridine rings is 1. The molecule has 1 aliphatic rings. The molecular formula is C19H20N4O3. The quantitative estimate of drug-likeness (QED) is 0.699. The number of aromatic nitrogens is 3. The minimum atomic E-state index is 0.497. The number of nitrogens with zero attached hydrogens (tertiary/aromatic N) is 4. The molecule has 0 amide bonds. The Labute approximate surface area is 151 Å². The third kappa shape index (κ3) is 3.25. The summed E-state index contributed by atoms with van der Waals surface area (Å²) in [4.78, 5) is 6.37. The smallest absolute Gasteiger partial charge is 0.249 e. The predicted octanol–water partition coefficient (Wildman–Crippen LogP) is 2.71. The summed E-state index contributed by atoms with van der Waals surface area (Å²) in [5.74, 6) is 2.63. The SMILES string of the molecule is COc1cc2c(cc1OC)CN(Cc1nnc(-c3cccnc3)o1)CC2. The summed E-state index contributed by atoms with van der Waals surface area (Å²) in [6.07, 6.45) is 4.38. The largest absolute Gasteiger partial charge is 0.493 e. The second kappa shape index (κ2) is 7.13. The summed E-state index contributed by atoms with van der Waals surface area (Å²) in [5, 5.41) is 8.30. The van der Waals surface area contributed by atoms with Crippen molar-refractivity contribution in [3.05, 3.63) is 53.7 Å². The van der Waals surface area contributed by atoms with Crippen LogP contribution in [0.1, 0.15) is 17.0 Å². The van der Waals surface area contributed by atoms with Crippen LogP contribution in [-0.4, -0.2) is 40.8 Å². The molecule has 134 valence electrons. The number of rotatable bonds is 5. The van der Waals surface area contributed by atoms with Crippen LogP contribution in [0.3, 0.4) is 0 Å². The maximum Gasteiger partial charge on any atom is 0.249 e. The van der Waals surface area contributed by atoms with Crippen LogP contribution in [0.5, 0.6) is 11.5 Å². The average Bonchev–Trinajstić information content (AvgIpc) is 3.16. The van der Waals surface area contributed by atoms with E-state index in [-0.39, 0.29) is 0 Å². The zero-order valence-electron chi connectivity index (χ0n) is 14.8. The lowest BCUT2D eigenvalue weighted by Crippen LogP contribution is -2.30. The highest BCUT2D eigenvalue weighted by Gasteiger charge is 2.21. The highest BCUT2D eigenvalue weighted by atomic mass is 16.5. The Morgan fingerprint density at radius 1 is 1.12 bits per heavy atom. The van der Waals surface area contributed by atoms with Gasteiger partial charge in [0.15, 0.2) is 11.5 Å². The predicted molar refractivity (Wildman–Crippen MR) is 94.9 cm³/mol. The molecule has 3 aromatic rings. The molecular weight excluding hydrogens is 332 g/mol. The summed E-state index contributed by atoms with van der Waals surface area (Å²) in [6.45, 7) is 2.34. The fraction of sp³-hybridized carbons (Fsp3) is 0.316. The van der Waals surface area contributed by atoms with Gasteiger partial charge in [-0.1, -0.05) is 0 Å². The summed E-state index contributed by atoms with van der Waals surface area (Å²) < 4.78 is 16.6. The van der Waals surface area contributed by atoms with Gasteiger partial charge in [0.05, 0.1) is 26.3 Å². The van der Waals surface area contributed by atoms with Crippen molar-refractivity contribution >= 4 is 0 Å². The van der Waals surface area contributed by atoms with Crippen molar-refractivity contribution < 1.29 is 13.9 Å². The first-order valence-electron chi connectivity index (χ1n) is 8.45. The van der Waals surface area contributed by atoms with Crippen LogP contribution in [0, 0.1) is 0 Å². The van der Waals surface area contributed by atoms with Crippen LogP contribution >= 0.6 is 0 Å². The lowest BCUT2D eigenvalue weighted by Gasteiger charge is -2.28. The molecule has 1 aromatic carbocycles. The Morgan fingerprint density at radius 2 is 1.92 bits per heavy atom. The number of ether oxygens (including phenoxy) is 2. The van der Waals surface area contributed by atoms with E-state index in [2.05, 4.69) is 32.2 Å². The second-order valence-corrected chi connectivity index (χ2v) is 6.18.